The molecule has 0 aliphatic rings. The highest BCUT2D eigenvalue weighted by Gasteiger charge is 2.15. The van der Waals surface area contributed by atoms with Gasteiger partial charge in [0.1, 0.15) is 5.75 Å². The molecule has 2 aromatic rings. The molecule has 0 bridgehead atoms. The molecule has 0 radical (unpaired) electrons. The van der Waals surface area contributed by atoms with Crippen molar-refractivity contribution in [1.82, 2.24) is 5.32 Å². The van der Waals surface area contributed by atoms with Gasteiger partial charge in [-0.1, -0.05) is 49.7 Å². The molecule has 1 atom stereocenters. The van der Waals surface area contributed by atoms with E-state index in [-0.39, 0.29) is 11.8 Å². The summed E-state index contributed by atoms with van der Waals surface area (Å²) >= 11 is 6.21. The van der Waals surface area contributed by atoms with Crippen LogP contribution in [0.25, 0.3) is 0 Å². The smallest absolute Gasteiger partial charge is 0.116 e. The molecule has 2 aromatic carbocycles. The van der Waals surface area contributed by atoms with Crippen molar-refractivity contribution >= 4 is 11.6 Å². The van der Waals surface area contributed by atoms with Gasteiger partial charge in [0.25, 0.3) is 0 Å². The van der Waals surface area contributed by atoms with Gasteiger partial charge in [0.05, 0.1) is 0 Å². The van der Waals surface area contributed by atoms with Gasteiger partial charge in [-0.15, -0.1) is 0 Å². The Morgan fingerprint density at radius 2 is 1.86 bits per heavy atom. The first-order valence-corrected chi connectivity index (χ1v) is 8.11. The predicted molar refractivity (Wildman–Crippen MR) is 93.3 cm³/mol. The van der Waals surface area contributed by atoms with Crippen LogP contribution >= 0.6 is 11.6 Å². The van der Waals surface area contributed by atoms with Gasteiger partial charge in [-0.05, 0) is 54.2 Å². The summed E-state index contributed by atoms with van der Waals surface area (Å²) < 4.78 is 0. The fourth-order valence-corrected chi connectivity index (χ4v) is 2.88. The summed E-state index contributed by atoms with van der Waals surface area (Å²) in [6.45, 7) is 7.24. The van der Waals surface area contributed by atoms with E-state index >= 15 is 0 Å². The maximum atomic E-state index is 9.62. The van der Waals surface area contributed by atoms with Gasteiger partial charge in [0.15, 0.2) is 0 Å². The predicted octanol–water partition coefficient (Wildman–Crippen LogP) is 5.23. The van der Waals surface area contributed by atoms with E-state index in [1.807, 2.05) is 0 Å². The number of rotatable bonds is 6. The quantitative estimate of drug-likeness (QED) is 0.764. The minimum Gasteiger partial charge on any atom is -0.508 e. The van der Waals surface area contributed by atoms with Crippen molar-refractivity contribution in [1.29, 1.82) is 0 Å². The van der Waals surface area contributed by atoms with Crippen LogP contribution in [0.2, 0.25) is 5.02 Å². The molecule has 0 spiro atoms. The second-order valence-corrected chi connectivity index (χ2v) is 6.60. The molecule has 0 aliphatic carbocycles. The first-order chi connectivity index (χ1) is 10.5. The minimum atomic E-state index is 0.248. The topological polar surface area (TPSA) is 32.3 Å². The van der Waals surface area contributed by atoms with Crippen molar-refractivity contribution in [2.24, 2.45) is 5.92 Å². The highest BCUT2D eigenvalue weighted by molar-refractivity contribution is 6.31. The average molecular weight is 318 g/mol. The van der Waals surface area contributed by atoms with E-state index in [0.29, 0.717) is 17.5 Å². The van der Waals surface area contributed by atoms with Crippen LogP contribution in [0.1, 0.15) is 43.0 Å². The Morgan fingerprint density at radius 3 is 2.55 bits per heavy atom. The van der Waals surface area contributed by atoms with Gasteiger partial charge >= 0.3 is 0 Å². The number of aromatic hydroxyl groups is 1. The van der Waals surface area contributed by atoms with Gasteiger partial charge in [0, 0.05) is 17.6 Å². The molecule has 3 heteroatoms. The molecule has 0 heterocycles. The Balaban J connectivity index is 2.17. The maximum absolute atomic E-state index is 9.62. The Hall–Kier alpha value is -1.51. The summed E-state index contributed by atoms with van der Waals surface area (Å²) in [6, 6.07) is 13.8. The fourth-order valence-electron chi connectivity index (χ4n) is 2.70. The molecule has 2 rings (SSSR count). The SMILES string of the molecule is Cc1ccccc1C(CC(C)C)NCc1cc(O)ccc1Cl. The monoisotopic (exact) mass is 317 g/mol. The van der Waals surface area contributed by atoms with Crippen LogP contribution in [-0.2, 0) is 6.54 Å². The van der Waals surface area contributed by atoms with Crippen molar-refractivity contribution in [3.8, 4) is 5.75 Å². The summed E-state index contributed by atoms with van der Waals surface area (Å²) in [6.07, 6.45) is 1.06. The normalized spacial score (nSPS) is 12.6. The molecule has 118 valence electrons. The van der Waals surface area contributed by atoms with Crippen molar-refractivity contribution in [2.45, 2.75) is 39.8 Å². The van der Waals surface area contributed by atoms with Crippen LogP contribution in [0.4, 0.5) is 0 Å². The zero-order valence-corrected chi connectivity index (χ0v) is 14.2. The first kappa shape index (κ1) is 16.9. The van der Waals surface area contributed by atoms with Crippen LogP contribution in [0, 0.1) is 12.8 Å². The fraction of sp³-hybridized carbons (Fsp3) is 0.368. The van der Waals surface area contributed by atoms with E-state index in [4.69, 9.17) is 11.6 Å². The highest BCUT2D eigenvalue weighted by Crippen LogP contribution is 2.26. The van der Waals surface area contributed by atoms with E-state index in [1.165, 1.54) is 11.1 Å². The molecule has 0 amide bonds. The standard InChI is InChI=1S/C19H24ClNO/c1-13(2)10-19(17-7-5-4-6-14(17)3)21-12-15-11-16(22)8-9-18(15)20/h4-9,11,13,19,21-22H,10,12H2,1-3H3. The lowest BCUT2D eigenvalue weighted by Crippen LogP contribution is -2.23. The number of phenols is 1. The molecule has 2 nitrogen and oxygen atoms in total. The Labute approximate surface area is 138 Å². The second kappa shape index (κ2) is 7.66. The van der Waals surface area contributed by atoms with Crippen LogP contribution in [0.3, 0.4) is 0 Å². The molecular weight excluding hydrogens is 294 g/mol. The van der Waals surface area contributed by atoms with Gasteiger partial charge in [-0.3, -0.25) is 0 Å². The molecule has 0 aliphatic heterocycles. The van der Waals surface area contributed by atoms with E-state index in [1.54, 1.807) is 18.2 Å². The van der Waals surface area contributed by atoms with Crippen molar-refractivity contribution in [3.05, 3.63) is 64.2 Å². The summed E-state index contributed by atoms with van der Waals surface area (Å²) in [4.78, 5) is 0. The third-order valence-corrected chi connectivity index (χ3v) is 4.21. The number of phenolic OH excluding ortho intramolecular Hbond substituents is 1. The van der Waals surface area contributed by atoms with Gasteiger partial charge in [-0.2, -0.15) is 0 Å². The van der Waals surface area contributed by atoms with Crippen LogP contribution < -0.4 is 5.32 Å². The van der Waals surface area contributed by atoms with Crippen molar-refractivity contribution in [3.63, 3.8) is 0 Å². The molecule has 2 N–H and O–H groups in total. The lowest BCUT2D eigenvalue weighted by molar-refractivity contribution is 0.426. The van der Waals surface area contributed by atoms with E-state index in [9.17, 15) is 5.11 Å². The first-order valence-electron chi connectivity index (χ1n) is 7.73. The Kier molecular flexibility index (Phi) is 5.87. The zero-order chi connectivity index (χ0) is 16.1. The van der Waals surface area contributed by atoms with Gasteiger partial charge in [0.2, 0.25) is 0 Å². The maximum Gasteiger partial charge on any atom is 0.116 e. The van der Waals surface area contributed by atoms with Crippen molar-refractivity contribution < 1.29 is 5.11 Å². The summed E-state index contributed by atoms with van der Waals surface area (Å²) in [7, 11) is 0. The van der Waals surface area contributed by atoms with Gasteiger partial charge in [-0.25, -0.2) is 0 Å². The van der Waals surface area contributed by atoms with Crippen molar-refractivity contribution in [2.75, 3.05) is 0 Å². The Bertz CT molecular complexity index is 625. The third-order valence-electron chi connectivity index (χ3n) is 3.84. The highest BCUT2D eigenvalue weighted by atomic mass is 35.5. The van der Waals surface area contributed by atoms with E-state index < -0.39 is 0 Å². The molecule has 0 fully saturated rings. The molecule has 1 unspecified atom stereocenters. The lowest BCUT2D eigenvalue weighted by Gasteiger charge is -2.23. The molecular formula is C19H24ClNO. The summed E-state index contributed by atoms with van der Waals surface area (Å²) in [5, 5.41) is 13.9. The number of halogens is 1. The van der Waals surface area contributed by atoms with E-state index in [2.05, 4.69) is 50.4 Å². The van der Waals surface area contributed by atoms with Crippen LogP contribution in [0.5, 0.6) is 5.75 Å². The van der Waals surface area contributed by atoms with E-state index in [0.717, 1.165) is 12.0 Å². The van der Waals surface area contributed by atoms with Crippen LogP contribution in [0.15, 0.2) is 42.5 Å². The Morgan fingerprint density at radius 1 is 1.14 bits per heavy atom. The summed E-state index contributed by atoms with van der Waals surface area (Å²) in [5.41, 5.74) is 3.54. The molecule has 22 heavy (non-hydrogen) atoms. The molecule has 0 saturated heterocycles. The number of hydrogen-bond donors (Lipinski definition) is 2. The van der Waals surface area contributed by atoms with Gasteiger partial charge < -0.3 is 10.4 Å². The largest absolute Gasteiger partial charge is 0.508 e. The number of benzene rings is 2. The number of hydrogen-bond acceptors (Lipinski definition) is 2. The average Bonchev–Trinajstić information content (AvgIpc) is 2.47. The molecule has 0 saturated carbocycles. The molecule has 0 aromatic heterocycles. The zero-order valence-electron chi connectivity index (χ0n) is 13.4. The number of nitrogens with one attached hydrogen (secondary N) is 1. The second-order valence-electron chi connectivity index (χ2n) is 6.20. The minimum absolute atomic E-state index is 0.248. The summed E-state index contributed by atoms with van der Waals surface area (Å²) in [5.74, 6) is 0.842. The third kappa shape index (κ3) is 4.49. The number of aryl methyl sites for hydroxylation is 1. The lowest BCUT2D eigenvalue weighted by atomic mass is 9.93. The van der Waals surface area contributed by atoms with Crippen LogP contribution in [-0.4, -0.2) is 5.11 Å².